The topological polar surface area (TPSA) is 56.1 Å². The lowest BCUT2D eigenvalue weighted by molar-refractivity contribution is -0.116. The van der Waals surface area contributed by atoms with Crippen LogP contribution in [0.3, 0.4) is 0 Å². The first-order chi connectivity index (χ1) is 10.2. The molecule has 0 radical (unpaired) electrons. The minimum absolute atomic E-state index is 0.0405. The van der Waals surface area contributed by atoms with E-state index in [-0.39, 0.29) is 5.91 Å². The van der Waals surface area contributed by atoms with Crippen molar-refractivity contribution in [3.05, 3.63) is 29.8 Å². The second-order valence-electron chi connectivity index (χ2n) is 5.30. The zero-order chi connectivity index (χ0) is 15.1. The van der Waals surface area contributed by atoms with Gasteiger partial charge in [0.05, 0.1) is 11.6 Å². The van der Waals surface area contributed by atoms with E-state index in [1.807, 2.05) is 11.8 Å². The van der Waals surface area contributed by atoms with Gasteiger partial charge in [-0.3, -0.25) is 9.69 Å². The van der Waals surface area contributed by atoms with Crippen LogP contribution >= 0.6 is 11.8 Å². The molecule has 0 aliphatic carbocycles. The van der Waals surface area contributed by atoms with Crippen LogP contribution in [0.15, 0.2) is 24.3 Å². The lowest BCUT2D eigenvalue weighted by Gasteiger charge is -2.32. The monoisotopic (exact) mass is 303 g/mol. The first-order valence-corrected chi connectivity index (χ1v) is 8.46. The Kier molecular flexibility index (Phi) is 6.09. The summed E-state index contributed by atoms with van der Waals surface area (Å²) in [4.78, 5) is 14.4. The van der Waals surface area contributed by atoms with Crippen LogP contribution in [0.2, 0.25) is 0 Å². The molecule has 0 aromatic heterocycles. The van der Waals surface area contributed by atoms with Crippen LogP contribution in [-0.4, -0.2) is 41.4 Å². The molecule has 0 saturated carbocycles. The zero-order valence-corrected chi connectivity index (χ0v) is 13.2. The molecule has 1 aliphatic heterocycles. The van der Waals surface area contributed by atoms with E-state index in [0.29, 0.717) is 18.0 Å². The molecule has 1 aromatic carbocycles. The maximum absolute atomic E-state index is 11.9. The Bertz CT molecular complexity index is 509. The molecule has 5 heteroatoms. The van der Waals surface area contributed by atoms with E-state index in [1.54, 1.807) is 24.3 Å². The summed E-state index contributed by atoms with van der Waals surface area (Å²) in [7, 11) is 0. The zero-order valence-electron chi connectivity index (χ0n) is 12.3. The third-order valence-electron chi connectivity index (χ3n) is 3.65. The van der Waals surface area contributed by atoms with Crippen molar-refractivity contribution >= 4 is 23.4 Å². The smallest absolute Gasteiger partial charge is 0.224 e. The summed E-state index contributed by atoms with van der Waals surface area (Å²) in [5.41, 5.74) is 1.35. The molecule has 1 aliphatic rings. The Morgan fingerprint density at radius 1 is 1.48 bits per heavy atom. The molecule has 1 N–H and O–H groups in total. The number of thioether (sulfide) groups is 1. The summed E-state index contributed by atoms with van der Waals surface area (Å²) in [5.74, 6) is 2.43. The highest BCUT2D eigenvalue weighted by molar-refractivity contribution is 7.99. The predicted molar refractivity (Wildman–Crippen MR) is 87.4 cm³/mol. The Balaban J connectivity index is 1.70. The van der Waals surface area contributed by atoms with E-state index in [9.17, 15) is 4.79 Å². The van der Waals surface area contributed by atoms with Crippen molar-refractivity contribution in [2.24, 2.45) is 0 Å². The highest BCUT2D eigenvalue weighted by atomic mass is 32.2. The lowest BCUT2D eigenvalue weighted by Crippen LogP contribution is -2.41. The molecule has 1 aromatic rings. The Morgan fingerprint density at radius 3 is 2.90 bits per heavy atom. The quantitative estimate of drug-likeness (QED) is 0.908. The number of hydrogen-bond acceptors (Lipinski definition) is 4. The number of amides is 1. The van der Waals surface area contributed by atoms with E-state index in [1.165, 1.54) is 11.5 Å². The Labute approximate surface area is 130 Å². The molecule has 21 heavy (non-hydrogen) atoms. The highest BCUT2D eigenvalue weighted by Gasteiger charge is 2.18. The molecule has 4 nitrogen and oxygen atoms in total. The first-order valence-electron chi connectivity index (χ1n) is 7.31. The van der Waals surface area contributed by atoms with Gasteiger partial charge in [-0.1, -0.05) is 0 Å². The molecule has 1 heterocycles. The van der Waals surface area contributed by atoms with Gasteiger partial charge in [0.15, 0.2) is 0 Å². The fourth-order valence-corrected chi connectivity index (χ4v) is 3.47. The Morgan fingerprint density at radius 2 is 2.24 bits per heavy atom. The minimum atomic E-state index is 0.0405. The number of hydrogen-bond donors (Lipinski definition) is 1. The molecule has 2 rings (SSSR count). The van der Waals surface area contributed by atoms with Gasteiger partial charge in [-0.05, 0) is 44.2 Å². The van der Waals surface area contributed by atoms with Gasteiger partial charge in [-0.25, -0.2) is 0 Å². The number of carbonyl (C=O) groups excluding carboxylic acids is 1. The third kappa shape index (κ3) is 5.07. The summed E-state index contributed by atoms with van der Waals surface area (Å²) in [6.45, 7) is 4.37. The number of nitrogens with zero attached hydrogens (tertiary/aromatic N) is 2. The van der Waals surface area contributed by atoms with Gasteiger partial charge in [0, 0.05) is 36.2 Å². The van der Waals surface area contributed by atoms with E-state index < -0.39 is 0 Å². The normalized spacial score (nSPS) is 19.0. The van der Waals surface area contributed by atoms with Crippen molar-refractivity contribution in [3.8, 4) is 6.07 Å². The second-order valence-corrected chi connectivity index (χ2v) is 6.45. The van der Waals surface area contributed by atoms with Crippen LogP contribution in [0.1, 0.15) is 25.3 Å². The summed E-state index contributed by atoms with van der Waals surface area (Å²) < 4.78 is 0. The van der Waals surface area contributed by atoms with E-state index >= 15 is 0 Å². The minimum Gasteiger partial charge on any atom is -0.326 e. The van der Waals surface area contributed by atoms with Crippen molar-refractivity contribution in [2.45, 2.75) is 25.8 Å². The van der Waals surface area contributed by atoms with Crippen LogP contribution in [0.4, 0.5) is 5.69 Å². The molecule has 1 atom stereocenters. The van der Waals surface area contributed by atoms with Gasteiger partial charge >= 0.3 is 0 Å². The van der Waals surface area contributed by atoms with Crippen molar-refractivity contribution in [2.75, 3.05) is 29.9 Å². The van der Waals surface area contributed by atoms with Crippen LogP contribution in [-0.2, 0) is 4.79 Å². The van der Waals surface area contributed by atoms with Gasteiger partial charge in [0.25, 0.3) is 0 Å². The molecular formula is C16H21N3OS. The summed E-state index contributed by atoms with van der Waals surface area (Å²) >= 11 is 2.01. The molecular weight excluding hydrogens is 282 g/mol. The number of carbonyl (C=O) groups is 1. The van der Waals surface area contributed by atoms with Crippen LogP contribution in [0.25, 0.3) is 0 Å². The number of rotatable bonds is 5. The molecule has 0 bridgehead atoms. The number of benzene rings is 1. The van der Waals surface area contributed by atoms with Gasteiger partial charge in [-0.2, -0.15) is 17.0 Å². The highest BCUT2D eigenvalue weighted by Crippen LogP contribution is 2.16. The number of nitrogens with one attached hydrogen (secondary N) is 1. The molecule has 112 valence electrons. The largest absolute Gasteiger partial charge is 0.326 e. The fourth-order valence-electron chi connectivity index (χ4n) is 2.39. The molecule has 1 fully saturated rings. The number of anilines is 1. The Hall–Kier alpha value is -1.51. The third-order valence-corrected chi connectivity index (χ3v) is 4.84. The van der Waals surface area contributed by atoms with Crippen LogP contribution in [0, 0.1) is 11.3 Å². The average molecular weight is 303 g/mol. The summed E-state index contributed by atoms with van der Waals surface area (Å²) in [6, 6.07) is 9.63. The summed E-state index contributed by atoms with van der Waals surface area (Å²) in [5, 5.41) is 11.6. The standard InChI is InChI=1S/C16H21N3OS/c1-13-12-21-10-9-19(13)8-2-3-16(20)18-15-6-4-14(11-17)5-7-15/h4-7,13H,2-3,8-10,12H2,1H3,(H,18,20). The predicted octanol–water partition coefficient (Wildman–Crippen LogP) is 2.71. The molecule has 1 saturated heterocycles. The van der Waals surface area contributed by atoms with Crippen molar-refractivity contribution in [1.29, 1.82) is 5.26 Å². The molecule has 1 unspecified atom stereocenters. The van der Waals surface area contributed by atoms with E-state index in [0.717, 1.165) is 25.2 Å². The van der Waals surface area contributed by atoms with Gasteiger partial charge in [-0.15, -0.1) is 0 Å². The van der Waals surface area contributed by atoms with Crippen molar-refractivity contribution < 1.29 is 4.79 Å². The lowest BCUT2D eigenvalue weighted by atomic mass is 10.2. The SMILES string of the molecule is CC1CSCCN1CCCC(=O)Nc1ccc(C#N)cc1. The van der Waals surface area contributed by atoms with E-state index in [2.05, 4.69) is 23.2 Å². The number of nitriles is 1. The molecule has 0 spiro atoms. The van der Waals surface area contributed by atoms with Gasteiger partial charge in [0.2, 0.25) is 5.91 Å². The van der Waals surface area contributed by atoms with Gasteiger partial charge in [0.1, 0.15) is 0 Å². The van der Waals surface area contributed by atoms with Crippen molar-refractivity contribution in [3.63, 3.8) is 0 Å². The maximum Gasteiger partial charge on any atom is 0.224 e. The fraction of sp³-hybridized carbons (Fsp3) is 0.500. The first kappa shape index (κ1) is 15.9. The second kappa shape index (κ2) is 8.06. The van der Waals surface area contributed by atoms with Crippen LogP contribution < -0.4 is 5.32 Å². The molecule has 1 amide bonds. The van der Waals surface area contributed by atoms with Crippen molar-refractivity contribution in [1.82, 2.24) is 4.90 Å². The average Bonchev–Trinajstić information content (AvgIpc) is 2.50. The van der Waals surface area contributed by atoms with Crippen LogP contribution in [0.5, 0.6) is 0 Å². The summed E-state index contributed by atoms with van der Waals surface area (Å²) in [6.07, 6.45) is 1.42. The van der Waals surface area contributed by atoms with Gasteiger partial charge < -0.3 is 5.32 Å². The van der Waals surface area contributed by atoms with E-state index in [4.69, 9.17) is 5.26 Å². The maximum atomic E-state index is 11.9.